The van der Waals surface area contributed by atoms with E-state index in [1.165, 1.54) is 5.56 Å². The maximum atomic E-state index is 12.8. The summed E-state index contributed by atoms with van der Waals surface area (Å²) in [6, 6.07) is 11.8. The third-order valence-corrected chi connectivity index (χ3v) is 7.16. The van der Waals surface area contributed by atoms with E-state index < -0.39 is 0 Å². The summed E-state index contributed by atoms with van der Waals surface area (Å²) in [4.78, 5) is 19.1. The van der Waals surface area contributed by atoms with E-state index in [1.807, 2.05) is 53.1 Å². The molecule has 1 aromatic carbocycles. The molecule has 5 nitrogen and oxygen atoms in total. The van der Waals surface area contributed by atoms with Crippen molar-refractivity contribution in [2.24, 2.45) is 0 Å². The van der Waals surface area contributed by atoms with Gasteiger partial charge in [-0.25, -0.2) is 0 Å². The fraction of sp³-hybridized carbons (Fsp3) is 0.429. The molecule has 3 aliphatic rings. The number of nitrogens with zero attached hydrogens (tertiary/aromatic N) is 2. The van der Waals surface area contributed by atoms with Crippen LogP contribution in [0.3, 0.4) is 0 Å². The van der Waals surface area contributed by atoms with Crippen LogP contribution < -0.4 is 0 Å². The zero-order valence-electron chi connectivity index (χ0n) is 15.1. The zero-order valence-corrected chi connectivity index (χ0v) is 15.9. The van der Waals surface area contributed by atoms with Gasteiger partial charge in [-0.3, -0.25) is 9.78 Å². The average molecular weight is 382 g/mol. The van der Waals surface area contributed by atoms with Gasteiger partial charge in [-0.05, 0) is 41.8 Å². The molecule has 6 heteroatoms. The van der Waals surface area contributed by atoms with Crippen LogP contribution in [0, 0.1) is 0 Å². The molecule has 1 spiro atoms. The van der Waals surface area contributed by atoms with Gasteiger partial charge in [-0.2, -0.15) is 0 Å². The Balaban J connectivity index is 1.15. The van der Waals surface area contributed by atoms with Gasteiger partial charge in [0.2, 0.25) is 0 Å². The molecule has 5 rings (SSSR count). The summed E-state index contributed by atoms with van der Waals surface area (Å²) in [6.07, 6.45) is 3.04. The topological polar surface area (TPSA) is 51.7 Å². The number of benzene rings is 1. The fourth-order valence-electron chi connectivity index (χ4n) is 4.10. The molecular formula is C21H22N2O3S. The monoisotopic (exact) mass is 382 g/mol. The molecular weight excluding hydrogens is 360 g/mol. The molecule has 2 fully saturated rings. The summed E-state index contributed by atoms with van der Waals surface area (Å²) < 4.78 is 11.7. The first-order valence-electron chi connectivity index (χ1n) is 9.35. The Hall–Kier alpha value is -1.89. The molecule has 0 saturated carbocycles. The van der Waals surface area contributed by atoms with Gasteiger partial charge in [-0.15, -0.1) is 11.8 Å². The number of likely N-dealkylation sites (tertiary alicyclic amines) is 1. The molecule has 2 saturated heterocycles. The molecule has 140 valence electrons. The zero-order chi connectivity index (χ0) is 18.3. The van der Waals surface area contributed by atoms with Gasteiger partial charge in [-0.1, -0.05) is 12.1 Å². The van der Waals surface area contributed by atoms with Crippen LogP contribution in [0.25, 0.3) is 0 Å². The molecule has 1 atom stereocenters. The van der Waals surface area contributed by atoms with E-state index in [2.05, 4.69) is 4.98 Å². The summed E-state index contributed by atoms with van der Waals surface area (Å²) >= 11 is 1.95. The van der Waals surface area contributed by atoms with Gasteiger partial charge >= 0.3 is 0 Å². The number of hydrogen-bond acceptors (Lipinski definition) is 5. The predicted octanol–water partition coefficient (Wildman–Crippen LogP) is 3.03. The number of carbonyl (C=O) groups is 1. The van der Waals surface area contributed by atoms with Crippen LogP contribution >= 0.6 is 11.8 Å². The predicted molar refractivity (Wildman–Crippen MR) is 103 cm³/mol. The van der Waals surface area contributed by atoms with Crippen LogP contribution in [0.5, 0.6) is 0 Å². The van der Waals surface area contributed by atoms with Gasteiger partial charge in [0, 0.05) is 30.6 Å². The molecule has 0 unspecified atom stereocenters. The standard InChI is InChI=1S/C21H22N2O3S/c24-20(15-4-5-16-9-25-10-17(16)7-15)23-13-21(14-23)8-19(12-27-21)26-11-18-3-1-2-6-22-18/h1-7,19H,8-14H2/t19-/m0/s1. The molecule has 4 heterocycles. The third-order valence-electron chi connectivity index (χ3n) is 5.58. The van der Waals surface area contributed by atoms with Crippen molar-refractivity contribution in [1.29, 1.82) is 0 Å². The number of carbonyl (C=O) groups excluding carboxylic acids is 1. The highest BCUT2D eigenvalue weighted by atomic mass is 32.2. The van der Waals surface area contributed by atoms with E-state index in [9.17, 15) is 4.79 Å². The van der Waals surface area contributed by atoms with Crippen LogP contribution in [0.1, 0.15) is 33.6 Å². The highest BCUT2D eigenvalue weighted by Gasteiger charge is 2.51. The molecule has 0 aliphatic carbocycles. The molecule has 1 amide bonds. The second-order valence-corrected chi connectivity index (χ2v) is 9.08. The number of pyridine rings is 1. The summed E-state index contributed by atoms with van der Waals surface area (Å²) in [5.41, 5.74) is 4.09. The minimum absolute atomic E-state index is 0.133. The highest BCUT2D eigenvalue weighted by Crippen LogP contribution is 2.46. The van der Waals surface area contributed by atoms with E-state index >= 15 is 0 Å². The lowest BCUT2D eigenvalue weighted by atomic mass is 9.92. The number of amides is 1. The highest BCUT2D eigenvalue weighted by molar-refractivity contribution is 8.01. The van der Waals surface area contributed by atoms with Gasteiger partial charge < -0.3 is 14.4 Å². The summed E-state index contributed by atoms with van der Waals surface area (Å²) in [7, 11) is 0. The van der Waals surface area contributed by atoms with Crippen LogP contribution in [0.4, 0.5) is 0 Å². The third kappa shape index (κ3) is 3.37. The lowest BCUT2D eigenvalue weighted by molar-refractivity contribution is 0.0245. The minimum atomic E-state index is 0.133. The van der Waals surface area contributed by atoms with E-state index in [1.54, 1.807) is 6.20 Å². The van der Waals surface area contributed by atoms with E-state index in [0.29, 0.717) is 19.8 Å². The summed E-state index contributed by atoms with van der Waals surface area (Å²) in [5, 5.41) is 0. The minimum Gasteiger partial charge on any atom is -0.372 e. The Kier molecular flexibility index (Phi) is 4.42. The number of rotatable bonds is 4. The van der Waals surface area contributed by atoms with Gasteiger partial charge in [0.1, 0.15) is 0 Å². The molecule has 0 N–H and O–H groups in total. The first kappa shape index (κ1) is 17.2. The van der Waals surface area contributed by atoms with Crippen molar-refractivity contribution < 1.29 is 14.3 Å². The average Bonchev–Trinajstić information content (AvgIpc) is 3.32. The van der Waals surface area contributed by atoms with Gasteiger partial charge in [0.15, 0.2) is 0 Å². The second kappa shape index (κ2) is 6.93. The molecule has 27 heavy (non-hydrogen) atoms. The van der Waals surface area contributed by atoms with Gasteiger partial charge in [0.25, 0.3) is 5.91 Å². The van der Waals surface area contributed by atoms with Crippen molar-refractivity contribution in [1.82, 2.24) is 9.88 Å². The first-order chi connectivity index (χ1) is 13.2. The van der Waals surface area contributed by atoms with Crippen molar-refractivity contribution in [3.05, 3.63) is 65.0 Å². The number of ether oxygens (including phenoxy) is 2. The smallest absolute Gasteiger partial charge is 0.253 e. The van der Waals surface area contributed by atoms with E-state index in [4.69, 9.17) is 9.47 Å². The molecule has 0 bridgehead atoms. The Morgan fingerprint density at radius 3 is 3.00 bits per heavy atom. The van der Waals surface area contributed by atoms with Crippen LogP contribution in [0.15, 0.2) is 42.6 Å². The van der Waals surface area contributed by atoms with Crippen molar-refractivity contribution in [3.63, 3.8) is 0 Å². The van der Waals surface area contributed by atoms with Gasteiger partial charge in [0.05, 0.1) is 36.4 Å². The number of thioether (sulfide) groups is 1. The Labute approximate surface area is 163 Å². The van der Waals surface area contributed by atoms with Crippen LogP contribution in [-0.2, 0) is 29.3 Å². The van der Waals surface area contributed by atoms with E-state index in [-0.39, 0.29) is 16.8 Å². The normalized spacial score (nSPS) is 22.7. The van der Waals surface area contributed by atoms with Crippen molar-refractivity contribution >= 4 is 17.7 Å². The molecule has 2 aromatic rings. The largest absolute Gasteiger partial charge is 0.372 e. The molecule has 0 radical (unpaired) electrons. The number of fused-ring (bicyclic) bond motifs is 1. The summed E-state index contributed by atoms with van der Waals surface area (Å²) in [5.74, 6) is 1.12. The lowest BCUT2D eigenvalue weighted by Crippen LogP contribution is -2.60. The van der Waals surface area contributed by atoms with Crippen molar-refractivity contribution in [2.45, 2.75) is 37.1 Å². The fourth-order valence-corrected chi connectivity index (χ4v) is 5.65. The van der Waals surface area contributed by atoms with Crippen LogP contribution in [-0.4, -0.2) is 45.5 Å². The Morgan fingerprint density at radius 2 is 2.15 bits per heavy atom. The van der Waals surface area contributed by atoms with Crippen LogP contribution in [0.2, 0.25) is 0 Å². The van der Waals surface area contributed by atoms with Crippen molar-refractivity contribution in [3.8, 4) is 0 Å². The van der Waals surface area contributed by atoms with Crippen molar-refractivity contribution in [2.75, 3.05) is 18.8 Å². The molecule has 1 aromatic heterocycles. The quantitative estimate of drug-likeness (QED) is 0.814. The Bertz CT molecular complexity index is 852. The number of hydrogen-bond donors (Lipinski definition) is 0. The maximum Gasteiger partial charge on any atom is 0.253 e. The lowest BCUT2D eigenvalue weighted by Gasteiger charge is -2.47. The summed E-state index contributed by atoms with van der Waals surface area (Å²) in [6.45, 7) is 3.46. The first-order valence-corrected chi connectivity index (χ1v) is 10.3. The SMILES string of the molecule is O=C(c1ccc2c(c1)COC2)N1CC2(C[C@H](OCc3ccccn3)CS2)C1. The molecule has 3 aliphatic heterocycles. The second-order valence-electron chi connectivity index (χ2n) is 7.59. The maximum absolute atomic E-state index is 12.8. The Morgan fingerprint density at radius 1 is 1.26 bits per heavy atom. The number of aromatic nitrogens is 1. The van der Waals surface area contributed by atoms with E-state index in [0.717, 1.165) is 42.1 Å².